The van der Waals surface area contributed by atoms with Crippen molar-refractivity contribution in [1.29, 1.82) is 0 Å². The number of hydrogen-bond donors (Lipinski definition) is 3. The summed E-state index contributed by atoms with van der Waals surface area (Å²) in [5.74, 6) is 0.0770. The summed E-state index contributed by atoms with van der Waals surface area (Å²) in [5, 5.41) is 5.27. The molecule has 0 aromatic carbocycles. The monoisotopic (exact) mass is 243 g/mol. The first-order valence-electron chi connectivity index (χ1n) is 6.18. The second kappa shape index (κ2) is 8.06. The van der Waals surface area contributed by atoms with Gasteiger partial charge in [0.15, 0.2) is 0 Å². The van der Waals surface area contributed by atoms with Gasteiger partial charge in [-0.15, -0.1) is 0 Å². The third kappa shape index (κ3) is 6.94. The van der Waals surface area contributed by atoms with Crippen molar-refractivity contribution in [3.05, 3.63) is 0 Å². The van der Waals surface area contributed by atoms with Crippen molar-refractivity contribution in [3.8, 4) is 0 Å². The van der Waals surface area contributed by atoms with Crippen molar-refractivity contribution >= 4 is 11.8 Å². The van der Waals surface area contributed by atoms with Gasteiger partial charge in [-0.05, 0) is 11.8 Å². The molecule has 0 aliphatic heterocycles. The molecule has 0 saturated heterocycles. The fraction of sp³-hybridized carbons (Fsp3) is 0.833. The Morgan fingerprint density at radius 1 is 1.18 bits per heavy atom. The van der Waals surface area contributed by atoms with Crippen LogP contribution >= 0.6 is 0 Å². The molecule has 4 N–H and O–H groups in total. The second-order valence-electron chi connectivity index (χ2n) is 4.83. The van der Waals surface area contributed by atoms with E-state index in [4.69, 9.17) is 5.73 Å². The van der Waals surface area contributed by atoms with E-state index in [-0.39, 0.29) is 24.3 Å². The van der Waals surface area contributed by atoms with E-state index in [1.807, 2.05) is 27.7 Å². The highest BCUT2D eigenvalue weighted by Gasteiger charge is 2.19. The first-order chi connectivity index (χ1) is 7.88. The van der Waals surface area contributed by atoms with Crippen LogP contribution in [0, 0.1) is 11.8 Å². The molecule has 0 radical (unpaired) electrons. The van der Waals surface area contributed by atoms with Crippen LogP contribution in [-0.4, -0.2) is 30.9 Å². The van der Waals surface area contributed by atoms with Gasteiger partial charge in [-0.25, -0.2) is 0 Å². The summed E-state index contributed by atoms with van der Waals surface area (Å²) in [4.78, 5) is 22.9. The number of carbonyl (C=O) groups is 2. The van der Waals surface area contributed by atoms with E-state index in [1.165, 1.54) is 0 Å². The van der Waals surface area contributed by atoms with Crippen LogP contribution in [0.4, 0.5) is 0 Å². The maximum Gasteiger partial charge on any atom is 0.239 e. The Morgan fingerprint density at radius 2 is 1.76 bits per heavy atom. The predicted molar refractivity (Wildman–Crippen MR) is 68.3 cm³/mol. The van der Waals surface area contributed by atoms with Crippen LogP contribution in [0.5, 0.6) is 0 Å². The number of amides is 2. The van der Waals surface area contributed by atoms with Crippen LogP contribution in [0.3, 0.4) is 0 Å². The molecule has 1 unspecified atom stereocenters. The Kier molecular flexibility index (Phi) is 7.54. The van der Waals surface area contributed by atoms with E-state index in [1.54, 1.807) is 0 Å². The molecule has 0 aromatic rings. The SMILES string of the molecule is CCC(C)[C@H](N)C(=O)NCC(=O)NCC(C)C. The third-order valence-corrected chi connectivity index (χ3v) is 2.69. The number of carbonyl (C=O) groups excluding carboxylic acids is 2. The molecule has 0 aliphatic rings. The average molecular weight is 243 g/mol. The molecule has 0 rings (SSSR count). The zero-order chi connectivity index (χ0) is 13.4. The van der Waals surface area contributed by atoms with Gasteiger partial charge in [0.05, 0.1) is 12.6 Å². The molecule has 0 heterocycles. The van der Waals surface area contributed by atoms with Gasteiger partial charge in [-0.2, -0.15) is 0 Å². The topological polar surface area (TPSA) is 84.2 Å². The van der Waals surface area contributed by atoms with E-state index >= 15 is 0 Å². The molecule has 0 aliphatic carbocycles. The van der Waals surface area contributed by atoms with Gasteiger partial charge >= 0.3 is 0 Å². The van der Waals surface area contributed by atoms with Gasteiger partial charge in [0.1, 0.15) is 0 Å². The van der Waals surface area contributed by atoms with Gasteiger partial charge < -0.3 is 16.4 Å². The van der Waals surface area contributed by atoms with Crippen molar-refractivity contribution in [2.45, 2.75) is 40.2 Å². The van der Waals surface area contributed by atoms with E-state index in [9.17, 15) is 9.59 Å². The molecule has 5 heteroatoms. The summed E-state index contributed by atoms with van der Waals surface area (Å²) in [6.45, 7) is 8.54. The standard InChI is InChI=1S/C12H25N3O2/c1-5-9(4)11(13)12(17)15-7-10(16)14-6-8(2)3/h8-9,11H,5-7,13H2,1-4H3,(H,14,16)(H,15,17)/t9?,11-/m0/s1. The van der Waals surface area contributed by atoms with Crippen molar-refractivity contribution in [2.75, 3.05) is 13.1 Å². The molecular weight excluding hydrogens is 218 g/mol. The highest BCUT2D eigenvalue weighted by molar-refractivity contribution is 5.87. The summed E-state index contributed by atoms with van der Waals surface area (Å²) in [7, 11) is 0. The molecule has 17 heavy (non-hydrogen) atoms. The smallest absolute Gasteiger partial charge is 0.239 e. The molecule has 2 atom stereocenters. The zero-order valence-electron chi connectivity index (χ0n) is 11.2. The van der Waals surface area contributed by atoms with Crippen molar-refractivity contribution in [3.63, 3.8) is 0 Å². The Balaban J connectivity index is 3.87. The van der Waals surface area contributed by atoms with Gasteiger partial charge in [-0.1, -0.05) is 34.1 Å². The minimum Gasteiger partial charge on any atom is -0.354 e. The molecule has 0 spiro atoms. The lowest BCUT2D eigenvalue weighted by Crippen LogP contribution is -2.47. The fourth-order valence-corrected chi connectivity index (χ4v) is 1.18. The highest BCUT2D eigenvalue weighted by Crippen LogP contribution is 2.04. The van der Waals surface area contributed by atoms with Gasteiger partial charge in [0, 0.05) is 6.54 Å². The molecular formula is C12H25N3O2. The normalized spacial score (nSPS) is 14.2. The Hall–Kier alpha value is -1.10. The minimum absolute atomic E-state index is 0.00428. The zero-order valence-corrected chi connectivity index (χ0v) is 11.2. The number of nitrogens with two attached hydrogens (primary N) is 1. The molecule has 100 valence electrons. The Morgan fingerprint density at radius 3 is 2.24 bits per heavy atom. The number of nitrogens with one attached hydrogen (secondary N) is 2. The van der Waals surface area contributed by atoms with E-state index < -0.39 is 6.04 Å². The summed E-state index contributed by atoms with van der Waals surface area (Å²) >= 11 is 0. The largest absolute Gasteiger partial charge is 0.354 e. The maximum absolute atomic E-state index is 11.6. The molecule has 0 fully saturated rings. The van der Waals surface area contributed by atoms with Crippen molar-refractivity contribution in [1.82, 2.24) is 10.6 Å². The lowest BCUT2D eigenvalue weighted by atomic mass is 9.99. The van der Waals surface area contributed by atoms with Gasteiger partial charge in [0.2, 0.25) is 11.8 Å². The fourth-order valence-electron chi connectivity index (χ4n) is 1.18. The molecule has 0 aromatic heterocycles. The molecule has 5 nitrogen and oxygen atoms in total. The van der Waals surface area contributed by atoms with E-state index in [0.29, 0.717) is 12.5 Å². The van der Waals surface area contributed by atoms with E-state index in [0.717, 1.165) is 6.42 Å². The summed E-state index contributed by atoms with van der Waals surface area (Å²) in [5.41, 5.74) is 5.74. The lowest BCUT2D eigenvalue weighted by molar-refractivity contribution is -0.127. The summed E-state index contributed by atoms with van der Waals surface area (Å²) in [6.07, 6.45) is 0.841. The average Bonchev–Trinajstić information content (AvgIpc) is 2.31. The van der Waals surface area contributed by atoms with Crippen molar-refractivity contribution in [2.24, 2.45) is 17.6 Å². The van der Waals surface area contributed by atoms with Crippen LogP contribution in [-0.2, 0) is 9.59 Å². The van der Waals surface area contributed by atoms with Crippen molar-refractivity contribution < 1.29 is 9.59 Å². The summed E-state index contributed by atoms with van der Waals surface area (Å²) < 4.78 is 0. The summed E-state index contributed by atoms with van der Waals surface area (Å²) in [6, 6.07) is -0.544. The first kappa shape index (κ1) is 15.9. The third-order valence-electron chi connectivity index (χ3n) is 2.69. The van der Waals surface area contributed by atoms with Crippen LogP contribution in [0.15, 0.2) is 0 Å². The molecule has 0 bridgehead atoms. The van der Waals surface area contributed by atoms with Crippen LogP contribution < -0.4 is 16.4 Å². The minimum atomic E-state index is -0.544. The maximum atomic E-state index is 11.6. The van der Waals surface area contributed by atoms with Crippen LogP contribution in [0.2, 0.25) is 0 Å². The Bertz CT molecular complexity index is 254. The van der Waals surface area contributed by atoms with E-state index in [2.05, 4.69) is 10.6 Å². The quantitative estimate of drug-likeness (QED) is 0.599. The first-order valence-corrected chi connectivity index (χ1v) is 6.18. The highest BCUT2D eigenvalue weighted by atomic mass is 16.2. The molecule has 0 saturated carbocycles. The van der Waals surface area contributed by atoms with Crippen LogP contribution in [0.25, 0.3) is 0 Å². The number of rotatable bonds is 7. The van der Waals surface area contributed by atoms with Gasteiger partial charge in [-0.3, -0.25) is 9.59 Å². The Labute approximate surface area is 104 Å². The van der Waals surface area contributed by atoms with Crippen LogP contribution in [0.1, 0.15) is 34.1 Å². The van der Waals surface area contributed by atoms with Gasteiger partial charge in [0.25, 0.3) is 0 Å². The lowest BCUT2D eigenvalue weighted by Gasteiger charge is -2.17. The predicted octanol–water partition coefficient (Wildman–Crippen LogP) is 0.248. The molecule has 2 amide bonds. The second-order valence-corrected chi connectivity index (χ2v) is 4.83. The number of hydrogen-bond acceptors (Lipinski definition) is 3.